The van der Waals surface area contributed by atoms with Gasteiger partial charge in [-0.15, -0.1) is 11.8 Å². The third kappa shape index (κ3) is 2.76. The van der Waals surface area contributed by atoms with Gasteiger partial charge in [-0.1, -0.05) is 0 Å². The molecule has 1 aliphatic heterocycles. The van der Waals surface area contributed by atoms with Gasteiger partial charge in [0, 0.05) is 30.6 Å². The van der Waals surface area contributed by atoms with Crippen LogP contribution in [-0.2, 0) is 9.59 Å². The van der Waals surface area contributed by atoms with Gasteiger partial charge in [0.1, 0.15) is 0 Å². The molecule has 0 saturated heterocycles. The number of hydrogen-bond acceptors (Lipinski definition) is 5. The van der Waals surface area contributed by atoms with Crippen molar-refractivity contribution in [3.05, 3.63) is 22.8 Å². The number of allylic oxidation sites excluding steroid dienone is 3. The summed E-state index contributed by atoms with van der Waals surface area (Å²) in [7, 11) is 2.02. The molecule has 0 spiro atoms. The van der Waals surface area contributed by atoms with Crippen LogP contribution in [0.1, 0.15) is 12.8 Å². The maximum atomic E-state index is 11.3. The number of thioether (sulfide) groups is 1. The van der Waals surface area contributed by atoms with Gasteiger partial charge in [-0.25, -0.2) is 0 Å². The molecule has 5 nitrogen and oxygen atoms in total. The second kappa shape index (κ2) is 5.58. The highest BCUT2D eigenvalue weighted by Crippen LogP contribution is 2.42. The van der Waals surface area contributed by atoms with Crippen LogP contribution in [0.2, 0.25) is 0 Å². The largest absolute Gasteiger partial charge is 0.362 e. The Morgan fingerprint density at radius 3 is 3.11 bits per heavy atom. The zero-order chi connectivity index (χ0) is 13.1. The van der Waals surface area contributed by atoms with Crippen molar-refractivity contribution < 1.29 is 9.59 Å². The van der Waals surface area contributed by atoms with Gasteiger partial charge in [0.05, 0.1) is 11.9 Å². The van der Waals surface area contributed by atoms with Crippen molar-refractivity contribution in [3.8, 4) is 0 Å². The van der Waals surface area contributed by atoms with E-state index in [1.165, 1.54) is 0 Å². The molecule has 6 heteroatoms. The fourth-order valence-electron chi connectivity index (χ4n) is 2.05. The van der Waals surface area contributed by atoms with E-state index < -0.39 is 0 Å². The van der Waals surface area contributed by atoms with Crippen molar-refractivity contribution in [2.45, 2.75) is 18.2 Å². The predicted molar refractivity (Wildman–Crippen MR) is 71.6 cm³/mol. The summed E-state index contributed by atoms with van der Waals surface area (Å²) in [6, 6.07) is 0. The number of likely N-dealkylation sites (N-methyl/N-ethyl adjacent to an activating group) is 1. The summed E-state index contributed by atoms with van der Waals surface area (Å²) in [5.41, 5.74) is 6.36. The number of rotatable bonds is 4. The summed E-state index contributed by atoms with van der Waals surface area (Å²) in [6.07, 6.45) is 4.86. The molecule has 1 atom stereocenters. The average molecular weight is 267 g/mol. The molecular weight excluding hydrogens is 250 g/mol. The van der Waals surface area contributed by atoms with Gasteiger partial charge >= 0.3 is 0 Å². The van der Waals surface area contributed by atoms with E-state index in [1.54, 1.807) is 17.8 Å². The first-order valence-corrected chi connectivity index (χ1v) is 6.80. The average Bonchev–Trinajstić information content (AvgIpc) is 2.65. The Labute approximate surface area is 110 Å². The first kappa shape index (κ1) is 13.2. The molecule has 2 aliphatic rings. The van der Waals surface area contributed by atoms with Crippen LogP contribution in [0.5, 0.6) is 0 Å². The number of hydrogen-bond donors (Lipinski definition) is 2. The Hall–Kier alpha value is -1.27. The van der Waals surface area contributed by atoms with Gasteiger partial charge in [0.15, 0.2) is 5.78 Å². The smallest absolute Gasteiger partial charge is 0.233 e. The van der Waals surface area contributed by atoms with E-state index in [9.17, 15) is 9.59 Å². The molecule has 0 aromatic heterocycles. The Morgan fingerprint density at radius 2 is 2.39 bits per heavy atom. The van der Waals surface area contributed by atoms with Crippen LogP contribution >= 0.6 is 11.8 Å². The van der Waals surface area contributed by atoms with E-state index in [-0.39, 0.29) is 23.6 Å². The molecule has 0 fully saturated rings. The molecule has 3 N–H and O–H groups in total. The van der Waals surface area contributed by atoms with Crippen molar-refractivity contribution in [3.63, 3.8) is 0 Å². The minimum Gasteiger partial charge on any atom is -0.362 e. The number of nitrogens with one attached hydrogen (secondary N) is 1. The quantitative estimate of drug-likeness (QED) is 0.761. The Balaban J connectivity index is 1.86. The highest BCUT2D eigenvalue weighted by atomic mass is 32.2. The zero-order valence-electron chi connectivity index (χ0n) is 10.3. The highest BCUT2D eigenvalue weighted by molar-refractivity contribution is 8.03. The number of carbonyl (C=O) groups is 2. The predicted octanol–water partition coefficient (Wildman–Crippen LogP) is 0.197. The number of amides is 1. The van der Waals surface area contributed by atoms with E-state index in [2.05, 4.69) is 10.2 Å². The molecule has 18 heavy (non-hydrogen) atoms. The molecule has 0 bridgehead atoms. The number of nitrogens with two attached hydrogens (primary N) is 1. The van der Waals surface area contributed by atoms with E-state index in [1.807, 2.05) is 13.1 Å². The molecule has 1 unspecified atom stereocenters. The van der Waals surface area contributed by atoms with Crippen molar-refractivity contribution >= 4 is 23.5 Å². The summed E-state index contributed by atoms with van der Waals surface area (Å²) in [5, 5.41) is 3.04. The van der Waals surface area contributed by atoms with E-state index >= 15 is 0 Å². The second-order valence-corrected chi connectivity index (χ2v) is 5.58. The molecule has 0 aromatic carbocycles. The Kier molecular flexibility index (Phi) is 4.08. The summed E-state index contributed by atoms with van der Waals surface area (Å²) in [6.45, 7) is 0.635. The third-order valence-electron chi connectivity index (χ3n) is 3.04. The minimum atomic E-state index is -0.131. The lowest BCUT2D eigenvalue weighted by Crippen LogP contribution is -2.34. The molecule has 1 aliphatic carbocycles. The van der Waals surface area contributed by atoms with Gasteiger partial charge in [-0.2, -0.15) is 0 Å². The number of nitrogens with zero attached hydrogens (tertiary/aromatic N) is 1. The van der Waals surface area contributed by atoms with Gasteiger partial charge in [-0.05, 0) is 18.6 Å². The molecule has 98 valence electrons. The molecule has 1 amide bonds. The zero-order valence-corrected chi connectivity index (χ0v) is 11.1. The molecule has 1 heterocycles. The van der Waals surface area contributed by atoms with Crippen molar-refractivity contribution in [1.29, 1.82) is 0 Å². The highest BCUT2D eigenvalue weighted by Gasteiger charge is 2.30. The summed E-state index contributed by atoms with van der Waals surface area (Å²) in [5.74, 6) is 0.0279. The molecule has 0 aromatic rings. The van der Waals surface area contributed by atoms with Gasteiger partial charge in [0.2, 0.25) is 5.91 Å². The Bertz CT molecular complexity index is 431. The van der Waals surface area contributed by atoms with Crippen LogP contribution in [0.4, 0.5) is 0 Å². The SMILES string of the molecule is CN1C2=C(CC(=O)C=C2)SC1CCNC(=O)CN. The molecular formula is C12H17N3O2S. The van der Waals surface area contributed by atoms with Crippen LogP contribution in [0, 0.1) is 0 Å². The minimum absolute atomic E-state index is 0.0274. The van der Waals surface area contributed by atoms with Gasteiger partial charge < -0.3 is 16.0 Å². The number of ketones is 1. The summed E-state index contributed by atoms with van der Waals surface area (Å²) >= 11 is 1.72. The Morgan fingerprint density at radius 1 is 1.61 bits per heavy atom. The fourth-order valence-corrected chi connectivity index (χ4v) is 3.44. The first-order chi connectivity index (χ1) is 8.61. The monoisotopic (exact) mass is 267 g/mol. The van der Waals surface area contributed by atoms with E-state index in [4.69, 9.17) is 5.73 Å². The maximum Gasteiger partial charge on any atom is 0.233 e. The summed E-state index contributed by atoms with van der Waals surface area (Å²) in [4.78, 5) is 25.7. The van der Waals surface area contributed by atoms with Crippen LogP contribution in [0.3, 0.4) is 0 Å². The second-order valence-electron chi connectivity index (χ2n) is 4.31. The van der Waals surface area contributed by atoms with E-state index in [0.29, 0.717) is 13.0 Å². The maximum absolute atomic E-state index is 11.3. The lowest BCUT2D eigenvalue weighted by Gasteiger charge is -2.23. The van der Waals surface area contributed by atoms with Crippen molar-refractivity contribution in [2.75, 3.05) is 20.1 Å². The summed E-state index contributed by atoms with van der Waals surface area (Å²) < 4.78 is 0. The van der Waals surface area contributed by atoms with Gasteiger partial charge in [0.25, 0.3) is 0 Å². The molecule has 0 radical (unpaired) electrons. The standard InChI is InChI=1S/C12H17N3O2S/c1-15-9-3-2-8(16)6-10(9)18-12(15)4-5-14-11(17)7-13/h2-3,12H,4-7,13H2,1H3,(H,14,17). The van der Waals surface area contributed by atoms with E-state index in [0.717, 1.165) is 17.0 Å². The topological polar surface area (TPSA) is 75.4 Å². The first-order valence-electron chi connectivity index (χ1n) is 5.92. The van der Waals surface area contributed by atoms with Crippen LogP contribution in [-0.4, -0.2) is 42.1 Å². The third-order valence-corrected chi connectivity index (χ3v) is 4.50. The molecule has 2 rings (SSSR count). The van der Waals surface area contributed by atoms with Crippen molar-refractivity contribution in [2.24, 2.45) is 5.73 Å². The molecule has 0 saturated carbocycles. The normalized spacial score (nSPS) is 22.4. The fraction of sp³-hybridized carbons (Fsp3) is 0.500. The number of carbonyl (C=O) groups excluding carboxylic acids is 2. The van der Waals surface area contributed by atoms with Crippen molar-refractivity contribution in [1.82, 2.24) is 10.2 Å². The van der Waals surface area contributed by atoms with Crippen LogP contribution in [0.25, 0.3) is 0 Å². The van der Waals surface area contributed by atoms with Crippen LogP contribution < -0.4 is 11.1 Å². The lowest BCUT2D eigenvalue weighted by atomic mass is 10.1. The van der Waals surface area contributed by atoms with Crippen LogP contribution in [0.15, 0.2) is 22.8 Å². The lowest BCUT2D eigenvalue weighted by molar-refractivity contribution is -0.119. The van der Waals surface area contributed by atoms with Gasteiger partial charge in [-0.3, -0.25) is 9.59 Å².